The number of benzene rings is 2. The van der Waals surface area contributed by atoms with Crippen LogP contribution in [-0.2, 0) is 16.4 Å². The number of amides is 1. The second-order valence-corrected chi connectivity index (χ2v) is 10.3. The number of nitrogens with zero attached hydrogens (tertiary/aromatic N) is 2. The van der Waals surface area contributed by atoms with Gasteiger partial charge in [0.1, 0.15) is 0 Å². The molecular formula is C24H31N3O3S. The molecule has 1 saturated heterocycles. The molecule has 0 aliphatic carbocycles. The molecule has 1 amide bonds. The molecular weight excluding hydrogens is 410 g/mol. The van der Waals surface area contributed by atoms with E-state index < -0.39 is 10.0 Å². The Kier molecular flexibility index (Phi) is 6.62. The maximum absolute atomic E-state index is 13.4. The molecule has 31 heavy (non-hydrogen) atoms. The summed E-state index contributed by atoms with van der Waals surface area (Å²) in [7, 11) is -3.73. The fourth-order valence-electron chi connectivity index (χ4n) is 4.58. The Balaban J connectivity index is 1.46. The molecule has 7 heteroatoms. The summed E-state index contributed by atoms with van der Waals surface area (Å²) in [5.74, 6) is -0.235. The van der Waals surface area contributed by atoms with E-state index in [1.54, 1.807) is 18.2 Å². The number of likely N-dealkylation sites (tertiary alicyclic amines) is 1. The zero-order valence-corrected chi connectivity index (χ0v) is 18.9. The van der Waals surface area contributed by atoms with E-state index in [-0.39, 0.29) is 10.8 Å². The van der Waals surface area contributed by atoms with Gasteiger partial charge in [0.25, 0.3) is 15.9 Å². The molecule has 2 heterocycles. The van der Waals surface area contributed by atoms with E-state index >= 15 is 0 Å². The molecule has 0 spiro atoms. The molecule has 0 bridgehead atoms. The van der Waals surface area contributed by atoms with Crippen LogP contribution in [-0.4, -0.2) is 51.4 Å². The largest absolute Gasteiger partial charge is 0.351 e. The monoisotopic (exact) mass is 441 g/mol. The maximum Gasteiger partial charge on any atom is 0.264 e. The number of carbonyl (C=O) groups is 1. The lowest BCUT2D eigenvalue weighted by atomic mass is 10.0. The van der Waals surface area contributed by atoms with Crippen LogP contribution in [0.25, 0.3) is 0 Å². The highest BCUT2D eigenvalue weighted by Crippen LogP contribution is 2.31. The molecule has 1 fully saturated rings. The lowest BCUT2D eigenvalue weighted by molar-refractivity contribution is 0.0938. The number of carbonyl (C=O) groups excluding carboxylic acids is 1. The van der Waals surface area contributed by atoms with Gasteiger partial charge in [0.2, 0.25) is 0 Å². The predicted octanol–water partition coefficient (Wildman–Crippen LogP) is 3.43. The third kappa shape index (κ3) is 4.77. The number of para-hydroxylation sites is 1. The van der Waals surface area contributed by atoms with Crippen LogP contribution in [0.3, 0.4) is 0 Å². The summed E-state index contributed by atoms with van der Waals surface area (Å²) < 4.78 is 28.2. The summed E-state index contributed by atoms with van der Waals surface area (Å²) in [4.78, 5) is 15.2. The number of hydrogen-bond acceptors (Lipinski definition) is 4. The van der Waals surface area contributed by atoms with Crippen LogP contribution in [0.15, 0.2) is 53.4 Å². The summed E-state index contributed by atoms with van der Waals surface area (Å²) in [6.45, 7) is 5.12. The van der Waals surface area contributed by atoms with E-state index in [2.05, 4.69) is 17.1 Å². The van der Waals surface area contributed by atoms with Gasteiger partial charge >= 0.3 is 0 Å². The van der Waals surface area contributed by atoms with E-state index in [9.17, 15) is 13.2 Å². The number of fused-ring (bicyclic) bond motifs is 1. The van der Waals surface area contributed by atoms with Gasteiger partial charge in [-0.15, -0.1) is 0 Å². The van der Waals surface area contributed by atoms with E-state index in [1.807, 2.05) is 24.3 Å². The molecule has 1 atom stereocenters. The van der Waals surface area contributed by atoms with Gasteiger partial charge in [-0.1, -0.05) is 30.7 Å². The Morgan fingerprint density at radius 3 is 2.74 bits per heavy atom. The van der Waals surface area contributed by atoms with E-state index in [0.717, 1.165) is 37.2 Å². The quantitative estimate of drug-likeness (QED) is 0.746. The molecule has 4 rings (SSSR count). The van der Waals surface area contributed by atoms with Crippen LogP contribution >= 0.6 is 0 Å². The number of aryl methyl sites for hydroxylation is 1. The number of nitrogens with one attached hydrogen (secondary N) is 1. The number of piperidine rings is 1. The summed E-state index contributed by atoms with van der Waals surface area (Å²) in [6, 6.07) is 14.5. The van der Waals surface area contributed by atoms with Crippen molar-refractivity contribution in [1.82, 2.24) is 10.2 Å². The third-order valence-corrected chi connectivity index (χ3v) is 8.19. The van der Waals surface area contributed by atoms with Crippen molar-refractivity contribution < 1.29 is 13.2 Å². The van der Waals surface area contributed by atoms with Crippen molar-refractivity contribution in [2.45, 2.75) is 50.0 Å². The van der Waals surface area contributed by atoms with Gasteiger partial charge in [0, 0.05) is 31.2 Å². The first-order valence-electron chi connectivity index (χ1n) is 11.2. The molecule has 6 nitrogen and oxygen atoms in total. The number of sulfonamides is 1. The van der Waals surface area contributed by atoms with Gasteiger partial charge in [0.05, 0.1) is 10.6 Å². The lowest BCUT2D eigenvalue weighted by Gasteiger charge is -2.33. The zero-order chi connectivity index (χ0) is 21.8. The van der Waals surface area contributed by atoms with Gasteiger partial charge in [-0.2, -0.15) is 0 Å². The first-order valence-corrected chi connectivity index (χ1v) is 12.6. The Labute approximate surface area is 185 Å². The highest BCUT2D eigenvalue weighted by molar-refractivity contribution is 7.92. The number of hydrogen-bond donors (Lipinski definition) is 1. The van der Waals surface area contributed by atoms with Gasteiger partial charge in [-0.05, 0) is 69.0 Å². The van der Waals surface area contributed by atoms with Crippen molar-refractivity contribution in [1.29, 1.82) is 0 Å². The molecule has 2 aliphatic rings. The van der Waals surface area contributed by atoms with Gasteiger partial charge in [-0.3, -0.25) is 14.0 Å². The van der Waals surface area contributed by atoms with Crippen molar-refractivity contribution in [3.05, 3.63) is 59.7 Å². The fourth-order valence-corrected chi connectivity index (χ4v) is 6.17. The Bertz CT molecular complexity index is 1040. The molecule has 0 aromatic heterocycles. The first kappa shape index (κ1) is 21.8. The molecule has 1 unspecified atom stereocenters. The Morgan fingerprint density at radius 2 is 1.90 bits per heavy atom. The third-order valence-electron chi connectivity index (χ3n) is 6.38. The maximum atomic E-state index is 13.4. The van der Waals surface area contributed by atoms with Crippen LogP contribution in [0, 0.1) is 0 Å². The van der Waals surface area contributed by atoms with Gasteiger partial charge < -0.3 is 5.32 Å². The number of anilines is 1. The van der Waals surface area contributed by atoms with Crippen LogP contribution < -0.4 is 9.62 Å². The lowest BCUT2D eigenvalue weighted by Crippen LogP contribution is -2.42. The minimum absolute atomic E-state index is 0.154. The second kappa shape index (κ2) is 9.40. The highest BCUT2D eigenvalue weighted by atomic mass is 32.2. The minimum atomic E-state index is -3.73. The van der Waals surface area contributed by atoms with Gasteiger partial charge in [-0.25, -0.2) is 8.42 Å². The summed E-state index contributed by atoms with van der Waals surface area (Å²) in [5.41, 5.74) is 2.15. The van der Waals surface area contributed by atoms with E-state index in [1.165, 1.54) is 29.6 Å². The molecule has 2 aliphatic heterocycles. The Morgan fingerprint density at radius 1 is 1.06 bits per heavy atom. The van der Waals surface area contributed by atoms with E-state index in [0.29, 0.717) is 24.7 Å². The van der Waals surface area contributed by atoms with Crippen LogP contribution in [0.4, 0.5) is 5.69 Å². The Hall–Kier alpha value is -2.38. The molecule has 0 saturated carbocycles. The van der Waals surface area contributed by atoms with Crippen LogP contribution in [0.5, 0.6) is 0 Å². The molecule has 1 N–H and O–H groups in total. The summed E-state index contributed by atoms with van der Waals surface area (Å²) in [6.07, 6.45) is 5.34. The van der Waals surface area contributed by atoms with Crippen molar-refractivity contribution >= 4 is 21.6 Å². The molecule has 2 aromatic carbocycles. The number of rotatable bonds is 6. The smallest absolute Gasteiger partial charge is 0.264 e. The average molecular weight is 442 g/mol. The van der Waals surface area contributed by atoms with Crippen molar-refractivity contribution in [3.63, 3.8) is 0 Å². The minimum Gasteiger partial charge on any atom is -0.351 e. The van der Waals surface area contributed by atoms with Gasteiger partial charge in [0.15, 0.2) is 0 Å². The standard InChI is InChI=1S/C24H31N3O3S/c1-19-8-4-5-15-26(19)17-14-25-24(28)21-10-6-12-22(18-21)31(29,30)27-16-7-11-20-9-2-3-13-23(20)27/h2-3,6,9-10,12-13,18-19H,4-5,7-8,11,14-17H2,1H3,(H,25,28). The predicted molar refractivity (Wildman–Crippen MR) is 123 cm³/mol. The van der Waals surface area contributed by atoms with Crippen molar-refractivity contribution in [2.75, 3.05) is 30.5 Å². The van der Waals surface area contributed by atoms with Crippen LogP contribution in [0.2, 0.25) is 0 Å². The van der Waals surface area contributed by atoms with Crippen molar-refractivity contribution in [3.8, 4) is 0 Å². The molecule has 0 radical (unpaired) electrons. The highest BCUT2D eigenvalue weighted by Gasteiger charge is 2.29. The zero-order valence-electron chi connectivity index (χ0n) is 18.1. The first-order chi connectivity index (χ1) is 15.0. The van der Waals surface area contributed by atoms with Crippen LogP contribution in [0.1, 0.15) is 48.5 Å². The summed E-state index contributed by atoms with van der Waals surface area (Å²) in [5, 5.41) is 2.95. The molecule has 166 valence electrons. The fraction of sp³-hybridized carbons (Fsp3) is 0.458. The SMILES string of the molecule is CC1CCCCN1CCNC(=O)c1cccc(S(=O)(=O)N2CCCc3ccccc32)c1. The second-order valence-electron chi connectivity index (χ2n) is 8.47. The van der Waals surface area contributed by atoms with Crippen molar-refractivity contribution in [2.24, 2.45) is 0 Å². The topological polar surface area (TPSA) is 69.7 Å². The average Bonchev–Trinajstić information content (AvgIpc) is 2.80. The molecule has 2 aromatic rings. The van der Waals surface area contributed by atoms with E-state index in [4.69, 9.17) is 0 Å². The summed E-state index contributed by atoms with van der Waals surface area (Å²) >= 11 is 0. The normalized spacial score (nSPS) is 19.6.